The van der Waals surface area contributed by atoms with E-state index in [4.69, 9.17) is 0 Å². The highest BCUT2D eigenvalue weighted by atomic mass is 16.2. The van der Waals surface area contributed by atoms with Crippen molar-refractivity contribution in [1.29, 1.82) is 0 Å². The molecule has 5 nitrogen and oxygen atoms in total. The zero-order chi connectivity index (χ0) is 19.1. The predicted molar refractivity (Wildman–Crippen MR) is 105 cm³/mol. The van der Waals surface area contributed by atoms with Crippen molar-refractivity contribution in [2.45, 2.75) is 40.0 Å². The molecule has 0 saturated carbocycles. The minimum Gasteiger partial charge on any atom is -0.351 e. The second-order valence-electron chi connectivity index (χ2n) is 7.08. The molecule has 0 bridgehead atoms. The van der Waals surface area contributed by atoms with Crippen LogP contribution in [-0.4, -0.2) is 23.3 Å². The Morgan fingerprint density at radius 3 is 2.12 bits per heavy atom. The molecular weight excluding hydrogens is 326 g/mol. The van der Waals surface area contributed by atoms with Crippen LogP contribution < -0.4 is 10.6 Å². The van der Waals surface area contributed by atoms with Gasteiger partial charge in [0.25, 0.3) is 11.8 Å². The number of aromatic nitrogens is 1. The maximum atomic E-state index is 12.4. The van der Waals surface area contributed by atoms with E-state index in [0.717, 1.165) is 6.42 Å². The number of carbonyl (C=O) groups is 2. The van der Waals surface area contributed by atoms with Gasteiger partial charge in [-0.05, 0) is 48.1 Å². The molecule has 2 N–H and O–H groups in total. The number of hydrogen-bond donors (Lipinski definition) is 2. The molecule has 2 amide bonds. The molecule has 0 atom stereocenters. The summed E-state index contributed by atoms with van der Waals surface area (Å²) in [6, 6.07) is 12.6. The second-order valence-corrected chi connectivity index (χ2v) is 7.08. The number of nitrogens with one attached hydrogen (secondary N) is 2. The summed E-state index contributed by atoms with van der Waals surface area (Å²) in [7, 11) is 0. The number of hydrogen-bond acceptors (Lipinski definition) is 3. The van der Waals surface area contributed by atoms with Crippen LogP contribution in [0.3, 0.4) is 0 Å². The molecule has 2 aromatic rings. The number of amides is 2. The minimum atomic E-state index is -0.334. The van der Waals surface area contributed by atoms with Gasteiger partial charge in [-0.25, -0.2) is 4.98 Å². The average molecular weight is 353 g/mol. The third-order valence-electron chi connectivity index (χ3n) is 4.06. The Hall–Kier alpha value is -2.69. The number of carbonyl (C=O) groups excluding carboxylic acids is 2. The van der Waals surface area contributed by atoms with Crippen LogP contribution in [0.5, 0.6) is 0 Å². The number of benzene rings is 1. The Labute approximate surface area is 155 Å². The van der Waals surface area contributed by atoms with Crippen molar-refractivity contribution in [3.05, 3.63) is 59.4 Å². The lowest BCUT2D eigenvalue weighted by atomic mass is 10.0. The molecule has 2 rings (SSSR count). The predicted octanol–water partition coefficient (Wildman–Crippen LogP) is 4.23. The maximum absolute atomic E-state index is 12.4. The summed E-state index contributed by atoms with van der Waals surface area (Å²) in [6.07, 6.45) is 0.901. The first-order chi connectivity index (χ1) is 12.4. The molecule has 0 spiro atoms. The van der Waals surface area contributed by atoms with Gasteiger partial charge in [0.15, 0.2) is 0 Å². The molecular formula is C21H27N3O2. The largest absolute Gasteiger partial charge is 0.351 e. The fourth-order valence-electron chi connectivity index (χ4n) is 2.40. The number of anilines is 1. The van der Waals surface area contributed by atoms with E-state index in [1.807, 2.05) is 24.3 Å². The molecule has 0 fully saturated rings. The summed E-state index contributed by atoms with van der Waals surface area (Å²) in [6.45, 7) is 9.04. The van der Waals surface area contributed by atoms with Crippen molar-refractivity contribution in [3.63, 3.8) is 0 Å². The van der Waals surface area contributed by atoms with Gasteiger partial charge in [-0.1, -0.05) is 45.9 Å². The van der Waals surface area contributed by atoms with E-state index in [1.54, 1.807) is 18.2 Å². The lowest BCUT2D eigenvalue weighted by Crippen LogP contribution is -2.27. The summed E-state index contributed by atoms with van der Waals surface area (Å²) in [5.74, 6) is 0.357. The molecule has 0 unspecified atom stereocenters. The van der Waals surface area contributed by atoms with Gasteiger partial charge in [0.1, 0.15) is 11.4 Å². The smallest absolute Gasteiger partial charge is 0.274 e. The van der Waals surface area contributed by atoms with Gasteiger partial charge in [0.2, 0.25) is 0 Å². The van der Waals surface area contributed by atoms with Gasteiger partial charge in [-0.15, -0.1) is 0 Å². The van der Waals surface area contributed by atoms with Gasteiger partial charge in [-0.2, -0.15) is 0 Å². The summed E-state index contributed by atoms with van der Waals surface area (Å²) < 4.78 is 0. The van der Waals surface area contributed by atoms with Crippen LogP contribution in [0.15, 0.2) is 42.5 Å². The van der Waals surface area contributed by atoms with Crippen molar-refractivity contribution in [1.82, 2.24) is 10.3 Å². The zero-order valence-corrected chi connectivity index (χ0v) is 15.9. The molecule has 1 aromatic carbocycles. The summed E-state index contributed by atoms with van der Waals surface area (Å²) in [5, 5.41) is 5.65. The first-order valence-electron chi connectivity index (χ1n) is 9.03. The molecule has 0 aliphatic rings. The van der Waals surface area contributed by atoms with Crippen LogP contribution in [0.25, 0.3) is 0 Å². The second kappa shape index (κ2) is 9.13. The quantitative estimate of drug-likeness (QED) is 0.782. The maximum Gasteiger partial charge on any atom is 0.274 e. The van der Waals surface area contributed by atoms with Crippen LogP contribution in [0, 0.1) is 5.92 Å². The third-order valence-corrected chi connectivity index (χ3v) is 4.06. The third kappa shape index (κ3) is 5.69. The van der Waals surface area contributed by atoms with E-state index in [9.17, 15) is 9.59 Å². The van der Waals surface area contributed by atoms with Crippen LogP contribution >= 0.6 is 0 Å². The Morgan fingerprint density at radius 2 is 1.54 bits per heavy atom. The Kier molecular flexibility index (Phi) is 6.89. The first kappa shape index (κ1) is 19.6. The number of nitrogens with zero attached hydrogens (tertiary/aromatic N) is 1. The monoisotopic (exact) mass is 353 g/mol. The van der Waals surface area contributed by atoms with Crippen molar-refractivity contribution >= 4 is 17.5 Å². The highest BCUT2D eigenvalue weighted by molar-refractivity contribution is 6.03. The molecule has 0 saturated heterocycles. The summed E-state index contributed by atoms with van der Waals surface area (Å²) in [5.41, 5.74) is 2.38. The van der Waals surface area contributed by atoms with Crippen molar-refractivity contribution in [3.8, 4) is 0 Å². The molecule has 0 aliphatic carbocycles. The van der Waals surface area contributed by atoms with Gasteiger partial charge < -0.3 is 10.6 Å². The standard InChI is InChI=1S/C21H27N3O2/c1-14(2)12-13-22-20(25)18-6-5-7-19(24-18)21(26)23-17-10-8-16(9-11-17)15(3)4/h5-11,14-15H,12-13H2,1-4H3,(H,22,25)(H,23,26). The Morgan fingerprint density at radius 1 is 0.923 bits per heavy atom. The SMILES string of the molecule is CC(C)CCNC(=O)c1cccc(C(=O)Nc2ccc(C(C)C)cc2)n1. The van der Waals surface area contributed by atoms with Crippen molar-refractivity contribution in [2.24, 2.45) is 5.92 Å². The van der Waals surface area contributed by atoms with Gasteiger partial charge in [-0.3, -0.25) is 9.59 Å². The van der Waals surface area contributed by atoms with Crippen LogP contribution in [0.2, 0.25) is 0 Å². The molecule has 5 heteroatoms. The molecule has 26 heavy (non-hydrogen) atoms. The van der Waals surface area contributed by atoms with E-state index >= 15 is 0 Å². The van der Waals surface area contributed by atoms with Crippen LogP contribution in [0.4, 0.5) is 5.69 Å². The average Bonchev–Trinajstić information content (AvgIpc) is 2.62. The molecule has 0 aliphatic heterocycles. The molecule has 138 valence electrons. The van der Waals surface area contributed by atoms with E-state index in [0.29, 0.717) is 24.1 Å². The van der Waals surface area contributed by atoms with Crippen LogP contribution in [0.1, 0.15) is 66.6 Å². The fourth-order valence-corrected chi connectivity index (χ4v) is 2.40. The highest BCUT2D eigenvalue weighted by Crippen LogP contribution is 2.17. The minimum absolute atomic E-state index is 0.217. The van der Waals surface area contributed by atoms with Crippen molar-refractivity contribution < 1.29 is 9.59 Å². The van der Waals surface area contributed by atoms with E-state index < -0.39 is 0 Å². The van der Waals surface area contributed by atoms with Crippen molar-refractivity contribution in [2.75, 3.05) is 11.9 Å². The normalized spacial score (nSPS) is 10.8. The van der Waals surface area contributed by atoms with E-state index in [-0.39, 0.29) is 23.2 Å². The number of rotatable bonds is 7. The zero-order valence-electron chi connectivity index (χ0n) is 15.9. The van der Waals surface area contributed by atoms with Crippen LogP contribution in [-0.2, 0) is 0 Å². The Balaban J connectivity index is 2.01. The lowest BCUT2D eigenvalue weighted by molar-refractivity contribution is 0.0947. The molecule has 0 radical (unpaired) electrons. The summed E-state index contributed by atoms with van der Waals surface area (Å²) in [4.78, 5) is 28.7. The van der Waals surface area contributed by atoms with Gasteiger partial charge >= 0.3 is 0 Å². The topological polar surface area (TPSA) is 71.1 Å². The fraction of sp³-hybridized carbons (Fsp3) is 0.381. The highest BCUT2D eigenvalue weighted by Gasteiger charge is 2.12. The van der Waals surface area contributed by atoms with E-state index in [1.165, 1.54) is 5.56 Å². The molecule has 1 heterocycles. The first-order valence-corrected chi connectivity index (χ1v) is 9.03. The molecule has 1 aromatic heterocycles. The number of pyridine rings is 1. The van der Waals surface area contributed by atoms with E-state index in [2.05, 4.69) is 43.3 Å². The van der Waals surface area contributed by atoms with Gasteiger partial charge in [0, 0.05) is 12.2 Å². The lowest BCUT2D eigenvalue weighted by Gasteiger charge is -2.09. The Bertz CT molecular complexity index is 752. The van der Waals surface area contributed by atoms with Gasteiger partial charge in [0.05, 0.1) is 0 Å². The summed E-state index contributed by atoms with van der Waals surface area (Å²) >= 11 is 0.